The summed E-state index contributed by atoms with van der Waals surface area (Å²) < 4.78 is 0. The summed E-state index contributed by atoms with van der Waals surface area (Å²) >= 11 is 0. The van der Waals surface area contributed by atoms with E-state index in [2.05, 4.69) is 43.5 Å². The highest BCUT2D eigenvalue weighted by atomic mass is 16.1. The van der Waals surface area contributed by atoms with E-state index in [1.807, 2.05) is 12.1 Å². The molecule has 2 N–H and O–H groups in total. The van der Waals surface area contributed by atoms with Crippen molar-refractivity contribution in [2.24, 2.45) is 5.92 Å². The molecule has 0 spiro atoms. The minimum Gasteiger partial charge on any atom is -0.382 e. The Morgan fingerprint density at radius 2 is 2.15 bits per heavy atom. The van der Waals surface area contributed by atoms with Crippen LogP contribution in [0.3, 0.4) is 0 Å². The lowest BCUT2D eigenvalue weighted by molar-refractivity contribution is -0.122. The summed E-state index contributed by atoms with van der Waals surface area (Å²) in [5.41, 5.74) is 2.24. The predicted molar refractivity (Wildman–Crippen MR) is 84.0 cm³/mol. The van der Waals surface area contributed by atoms with Gasteiger partial charge in [0.25, 0.3) is 0 Å². The molecule has 1 aromatic rings. The monoisotopic (exact) mass is 274 g/mol. The second kappa shape index (κ2) is 6.78. The Balaban J connectivity index is 1.96. The molecular formula is C17H26N2O. The number of anilines is 1. The van der Waals surface area contributed by atoms with Crippen LogP contribution >= 0.6 is 0 Å². The fourth-order valence-electron chi connectivity index (χ4n) is 2.83. The molecule has 110 valence electrons. The van der Waals surface area contributed by atoms with Gasteiger partial charge in [-0.05, 0) is 43.7 Å². The van der Waals surface area contributed by atoms with E-state index in [-0.39, 0.29) is 11.8 Å². The van der Waals surface area contributed by atoms with Crippen molar-refractivity contribution < 1.29 is 4.79 Å². The number of hydrogen-bond donors (Lipinski definition) is 2. The van der Waals surface area contributed by atoms with Gasteiger partial charge in [-0.25, -0.2) is 0 Å². The molecule has 1 aliphatic rings. The molecule has 2 atom stereocenters. The highest BCUT2D eigenvalue weighted by Crippen LogP contribution is 2.34. The van der Waals surface area contributed by atoms with Gasteiger partial charge < -0.3 is 10.6 Å². The number of nitrogens with one attached hydrogen (secondary N) is 2. The minimum absolute atomic E-state index is 0.0125. The van der Waals surface area contributed by atoms with Crippen LogP contribution < -0.4 is 10.6 Å². The van der Waals surface area contributed by atoms with Gasteiger partial charge in [-0.3, -0.25) is 4.79 Å². The van der Waals surface area contributed by atoms with E-state index in [1.54, 1.807) is 0 Å². The Hall–Kier alpha value is -1.51. The summed E-state index contributed by atoms with van der Waals surface area (Å²) in [4.78, 5) is 12.4. The van der Waals surface area contributed by atoms with E-state index < -0.39 is 0 Å². The first-order valence-electron chi connectivity index (χ1n) is 7.71. The third-order valence-corrected chi connectivity index (χ3v) is 3.90. The van der Waals surface area contributed by atoms with Crippen molar-refractivity contribution in [3.05, 3.63) is 29.8 Å². The predicted octanol–water partition coefficient (Wildman–Crippen LogP) is 3.53. The van der Waals surface area contributed by atoms with Crippen molar-refractivity contribution in [3.8, 4) is 0 Å². The number of carbonyl (C=O) groups excluding carboxylic acids is 1. The van der Waals surface area contributed by atoms with E-state index in [4.69, 9.17) is 0 Å². The van der Waals surface area contributed by atoms with E-state index in [0.29, 0.717) is 12.0 Å². The third kappa shape index (κ3) is 3.75. The Morgan fingerprint density at radius 3 is 2.90 bits per heavy atom. The van der Waals surface area contributed by atoms with Crippen molar-refractivity contribution in [2.45, 2.75) is 52.0 Å². The van der Waals surface area contributed by atoms with E-state index in [1.165, 1.54) is 6.42 Å². The number of rotatable bonds is 5. The number of para-hydroxylation sites is 1. The maximum atomic E-state index is 12.4. The van der Waals surface area contributed by atoms with E-state index in [9.17, 15) is 4.79 Å². The van der Waals surface area contributed by atoms with Gasteiger partial charge in [0.2, 0.25) is 5.91 Å². The van der Waals surface area contributed by atoms with Crippen molar-refractivity contribution in [1.82, 2.24) is 5.32 Å². The molecule has 0 saturated heterocycles. The fraction of sp³-hybridized carbons (Fsp3) is 0.588. The van der Waals surface area contributed by atoms with Gasteiger partial charge >= 0.3 is 0 Å². The molecule has 3 nitrogen and oxygen atoms in total. The van der Waals surface area contributed by atoms with Crippen LogP contribution in [0.5, 0.6) is 0 Å². The van der Waals surface area contributed by atoms with E-state index >= 15 is 0 Å². The van der Waals surface area contributed by atoms with Crippen LogP contribution in [-0.4, -0.2) is 18.5 Å². The Bertz CT molecular complexity index is 456. The zero-order valence-corrected chi connectivity index (χ0v) is 12.8. The molecule has 0 radical (unpaired) electrons. The number of hydrogen-bond acceptors (Lipinski definition) is 2. The van der Waals surface area contributed by atoms with Gasteiger partial charge in [-0.15, -0.1) is 0 Å². The molecule has 1 amide bonds. The first kappa shape index (κ1) is 14.9. The third-order valence-electron chi connectivity index (χ3n) is 3.90. The zero-order valence-electron chi connectivity index (χ0n) is 12.8. The Labute approximate surface area is 122 Å². The molecule has 2 rings (SSSR count). The smallest absolute Gasteiger partial charge is 0.227 e. The standard InChI is InChI=1S/C17H26N2O/c1-12(2)7-6-10-18-17(20)15-11-13(3)19-16-9-5-4-8-14(15)16/h4-5,8-9,12-13,15,19H,6-7,10-11H2,1-3H3,(H,18,20). The van der Waals surface area contributed by atoms with Crippen LogP contribution in [0.1, 0.15) is 51.5 Å². The van der Waals surface area contributed by atoms with Crippen LogP contribution in [0.4, 0.5) is 5.69 Å². The van der Waals surface area contributed by atoms with Crippen molar-refractivity contribution in [2.75, 3.05) is 11.9 Å². The molecule has 0 bridgehead atoms. The minimum atomic E-state index is -0.0125. The first-order valence-corrected chi connectivity index (χ1v) is 7.71. The highest BCUT2D eigenvalue weighted by molar-refractivity contribution is 5.86. The molecule has 1 heterocycles. The lowest BCUT2D eigenvalue weighted by Gasteiger charge is -2.30. The fourth-order valence-corrected chi connectivity index (χ4v) is 2.83. The topological polar surface area (TPSA) is 41.1 Å². The summed E-state index contributed by atoms with van der Waals surface area (Å²) in [5.74, 6) is 0.864. The lowest BCUT2D eigenvalue weighted by atomic mass is 9.87. The first-order chi connectivity index (χ1) is 9.58. The van der Waals surface area contributed by atoms with Gasteiger partial charge in [0, 0.05) is 18.3 Å². The molecule has 3 heteroatoms. The Kier molecular flexibility index (Phi) is 5.05. The average Bonchev–Trinajstić information content (AvgIpc) is 2.42. The van der Waals surface area contributed by atoms with Gasteiger partial charge in [0.05, 0.1) is 5.92 Å². The van der Waals surface area contributed by atoms with E-state index in [0.717, 1.165) is 30.6 Å². The number of fused-ring (bicyclic) bond motifs is 1. The largest absolute Gasteiger partial charge is 0.382 e. The quantitative estimate of drug-likeness (QED) is 0.807. The van der Waals surface area contributed by atoms with Crippen molar-refractivity contribution in [1.29, 1.82) is 0 Å². The van der Waals surface area contributed by atoms with Gasteiger partial charge in [-0.2, -0.15) is 0 Å². The molecule has 1 aromatic carbocycles. The molecule has 0 aliphatic carbocycles. The van der Waals surface area contributed by atoms with Crippen molar-refractivity contribution in [3.63, 3.8) is 0 Å². The lowest BCUT2D eigenvalue weighted by Crippen LogP contribution is -2.36. The molecular weight excluding hydrogens is 248 g/mol. The SMILES string of the molecule is CC(C)CCCNC(=O)C1CC(C)Nc2ccccc21. The second-order valence-electron chi connectivity index (χ2n) is 6.25. The van der Waals surface area contributed by atoms with Crippen LogP contribution in [0.15, 0.2) is 24.3 Å². The second-order valence-corrected chi connectivity index (χ2v) is 6.25. The number of benzene rings is 1. The van der Waals surface area contributed by atoms with Crippen LogP contribution in [0, 0.1) is 5.92 Å². The average molecular weight is 274 g/mol. The maximum Gasteiger partial charge on any atom is 0.227 e. The molecule has 1 aliphatic heterocycles. The van der Waals surface area contributed by atoms with Gasteiger partial charge in [0.1, 0.15) is 0 Å². The maximum absolute atomic E-state index is 12.4. The summed E-state index contributed by atoms with van der Waals surface area (Å²) in [6, 6.07) is 8.49. The van der Waals surface area contributed by atoms with Crippen LogP contribution in [0.2, 0.25) is 0 Å². The molecule has 2 unspecified atom stereocenters. The summed E-state index contributed by atoms with van der Waals surface area (Å²) in [7, 11) is 0. The molecule has 0 aromatic heterocycles. The summed E-state index contributed by atoms with van der Waals surface area (Å²) in [6.45, 7) is 7.35. The van der Waals surface area contributed by atoms with Crippen LogP contribution in [-0.2, 0) is 4.79 Å². The highest BCUT2D eigenvalue weighted by Gasteiger charge is 2.29. The van der Waals surface area contributed by atoms with Crippen molar-refractivity contribution >= 4 is 11.6 Å². The molecule has 0 saturated carbocycles. The normalized spacial score (nSPS) is 21.2. The summed E-state index contributed by atoms with van der Waals surface area (Å²) in [6.07, 6.45) is 3.10. The number of carbonyl (C=O) groups is 1. The molecule has 20 heavy (non-hydrogen) atoms. The van der Waals surface area contributed by atoms with Gasteiger partial charge in [0.15, 0.2) is 0 Å². The molecule has 0 fully saturated rings. The van der Waals surface area contributed by atoms with Gasteiger partial charge in [-0.1, -0.05) is 32.0 Å². The summed E-state index contributed by atoms with van der Waals surface area (Å²) in [5, 5.41) is 6.55. The zero-order chi connectivity index (χ0) is 14.5. The Morgan fingerprint density at radius 1 is 1.40 bits per heavy atom. The number of amides is 1. The van der Waals surface area contributed by atoms with Crippen LogP contribution in [0.25, 0.3) is 0 Å².